The van der Waals surface area contributed by atoms with Crippen molar-refractivity contribution in [2.24, 2.45) is 0 Å². The number of nitrogen functional groups attached to an aromatic ring is 1. The van der Waals surface area contributed by atoms with Crippen LogP contribution in [0.25, 0.3) is 0 Å². The molecular weight excluding hydrogens is 248 g/mol. The molecular formula is C17H18N2O. The molecule has 2 aromatic carbocycles. The molecule has 0 saturated heterocycles. The van der Waals surface area contributed by atoms with Gasteiger partial charge in [-0.1, -0.05) is 26.0 Å². The standard InChI is InChI=1S/C17H18N2O/c1-11(2)15-6-4-12(3)8-17(15)20-14-5-7-16(19)13(9-14)10-18/h4-9,11H,19H2,1-3H3. The van der Waals surface area contributed by atoms with Gasteiger partial charge in [0.1, 0.15) is 17.6 Å². The summed E-state index contributed by atoms with van der Waals surface area (Å²) in [5.74, 6) is 1.83. The molecule has 3 heteroatoms. The molecule has 0 atom stereocenters. The molecule has 3 nitrogen and oxygen atoms in total. The summed E-state index contributed by atoms with van der Waals surface area (Å²) in [7, 11) is 0. The predicted molar refractivity (Wildman–Crippen MR) is 80.9 cm³/mol. The maximum Gasteiger partial charge on any atom is 0.131 e. The summed E-state index contributed by atoms with van der Waals surface area (Å²) >= 11 is 0. The molecule has 2 aromatic rings. The van der Waals surface area contributed by atoms with Gasteiger partial charge in [0.2, 0.25) is 0 Å². The molecule has 0 amide bonds. The van der Waals surface area contributed by atoms with Gasteiger partial charge in [-0.05, 0) is 42.2 Å². The minimum absolute atomic E-state index is 0.370. The summed E-state index contributed by atoms with van der Waals surface area (Å²) in [6, 6.07) is 13.4. The van der Waals surface area contributed by atoms with Gasteiger partial charge in [-0.3, -0.25) is 0 Å². The van der Waals surface area contributed by atoms with Gasteiger partial charge in [-0.15, -0.1) is 0 Å². The number of rotatable bonds is 3. The Morgan fingerprint density at radius 3 is 2.55 bits per heavy atom. The molecule has 0 radical (unpaired) electrons. The molecule has 0 fully saturated rings. The Kier molecular flexibility index (Phi) is 3.95. The number of hydrogen-bond donors (Lipinski definition) is 1. The van der Waals surface area contributed by atoms with Crippen molar-refractivity contribution in [3.05, 3.63) is 53.1 Å². The first-order chi connectivity index (χ1) is 9.51. The lowest BCUT2D eigenvalue weighted by molar-refractivity contribution is 0.472. The summed E-state index contributed by atoms with van der Waals surface area (Å²) in [6.45, 7) is 6.28. The van der Waals surface area contributed by atoms with Crippen molar-refractivity contribution in [2.45, 2.75) is 26.7 Å². The lowest BCUT2D eigenvalue weighted by Crippen LogP contribution is -1.96. The van der Waals surface area contributed by atoms with Crippen LogP contribution >= 0.6 is 0 Å². The smallest absolute Gasteiger partial charge is 0.131 e. The topological polar surface area (TPSA) is 59.0 Å². The molecule has 0 aliphatic rings. The van der Waals surface area contributed by atoms with Gasteiger partial charge < -0.3 is 10.5 Å². The van der Waals surface area contributed by atoms with E-state index >= 15 is 0 Å². The Labute approximate surface area is 119 Å². The van der Waals surface area contributed by atoms with Crippen molar-refractivity contribution >= 4 is 5.69 Å². The van der Waals surface area contributed by atoms with E-state index in [1.54, 1.807) is 18.2 Å². The van der Waals surface area contributed by atoms with Crippen LogP contribution in [-0.2, 0) is 0 Å². The number of anilines is 1. The fourth-order valence-electron chi connectivity index (χ4n) is 2.03. The number of hydrogen-bond acceptors (Lipinski definition) is 3. The van der Waals surface area contributed by atoms with E-state index in [9.17, 15) is 0 Å². The van der Waals surface area contributed by atoms with Crippen molar-refractivity contribution in [2.75, 3.05) is 5.73 Å². The molecule has 2 rings (SSSR count). The second kappa shape index (κ2) is 5.66. The van der Waals surface area contributed by atoms with E-state index in [2.05, 4.69) is 32.0 Å². The van der Waals surface area contributed by atoms with E-state index in [-0.39, 0.29) is 0 Å². The predicted octanol–water partition coefficient (Wildman–Crippen LogP) is 4.36. The van der Waals surface area contributed by atoms with Crippen LogP contribution in [-0.4, -0.2) is 0 Å². The van der Waals surface area contributed by atoms with Crippen molar-refractivity contribution in [3.63, 3.8) is 0 Å². The van der Waals surface area contributed by atoms with Gasteiger partial charge in [0.25, 0.3) is 0 Å². The van der Waals surface area contributed by atoms with Gasteiger partial charge in [-0.2, -0.15) is 5.26 Å². The molecule has 0 aromatic heterocycles. The normalized spacial score (nSPS) is 10.3. The Morgan fingerprint density at radius 1 is 1.15 bits per heavy atom. The first-order valence-electron chi connectivity index (χ1n) is 6.59. The highest BCUT2D eigenvalue weighted by Crippen LogP contribution is 2.32. The number of aryl methyl sites for hydroxylation is 1. The first kappa shape index (κ1) is 14.0. The van der Waals surface area contributed by atoms with Crippen LogP contribution in [0.1, 0.15) is 36.5 Å². The minimum atomic E-state index is 0.370. The highest BCUT2D eigenvalue weighted by molar-refractivity contribution is 5.57. The molecule has 102 valence electrons. The Bertz CT molecular complexity index is 669. The van der Waals surface area contributed by atoms with Crippen LogP contribution in [0.5, 0.6) is 11.5 Å². The van der Waals surface area contributed by atoms with Crippen LogP contribution < -0.4 is 10.5 Å². The van der Waals surface area contributed by atoms with Crippen molar-refractivity contribution in [3.8, 4) is 17.6 Å². The number of nitrogens with two attached hydrogens (primary N) is 1. The number of ether oxygens (including phenoxy) is 1. The van der Waals surface area contributed by atoms with Gasteiger partial charge in [0.15, 0.2) is 0 Å². The maximum atomic E-state index is 9.01. The fraction of sp³-hybridized carbons (Fsp3) is 0.235. The van der Waals surface area contributed by atoms with E-state index in [0.29, 0.717) is 22.9 Å². The second-order valence-corrected chi connectivity index (χ2v) is 5.16. The van der Waals surface area contributed by atoms with Gasteiger partial charge in [0.05, 0.1) is 5.56 Å². The molecule has 0 heterocycles. The average Bonchev–Trinajstić information content (AvgIpc) is 2.40. The van der Waals surface area contributed by atoms with E-state index in [1.807, 2.05) is 13.0 Å². The summed E-state index contributed by atoms with van der Waals surface area (Å²) in [5, 5.41) is 9.01. The van der Waals surface area contributed by atoms with Gasteiger partial charge in [-0.25, -0.2) is 0 Å². The highest BCUT2D eigenvalue weighted by atomic mass is 16.5. The average molecular weight is 266 g/mol. The quantitative estimate of drug-likeness (QED) is 0.839. The number of benzene rings is 2. The Morgan fingerprint density at radius 2 is 1.90 bits per heavy atom. The van der Waals surface area contributed by atoms with Crippen molar-refractivity contribution in [1.29, 1.82) is 5.26 Å². The zero-order chi connectivity index (χ0) is 14.7. The Balaban J connectivity index is 2.39. The van der Waals surface area contributed by atoms with Crippen LogP contribution in [0.15, 0.2) is 36.4 Å². The van der Waals surface area contributed by atoms with E-state index in [1.165, 1.54) is 0 Å². The van der Waals surface area contributed by atoms with Gasteiger partial charge >= 0.3 is 0 Å². The third-order valence-electron chi connectivity index (χ3n) is 3.16. The van der Waals surface area contributed by atoms with Crippen LogP contribution in [0.4, 0.5) is 5.69 Å². The zero-order valence-electron chi connectivity index (χ0n) is 12.0. The summed E-state index contributed by atoms with van der Waals surface area (Å²) < 4.78 is 5.94. The molecule has 0 spiro atoms. The molecule has 0 unspecified atom stereocenters. The number of nitrogens with zero attached hydrogens (tertiary/aromatic N) is 1. The molecule has 0 aliphatic carbocycles. The largest absolute Gasteiger partial charge is 0.457 e. The SMILES string of the molecule is Cc1ccc(C(C)C)c(Oc2ccc(N)c(C#N)c2)c1. The van der Waals surface area contributed by atoms with Crippen LogP contribution in [0.3, 0.4) is 0 Å². The fourth-order valence-corrected chi connectivity index (χ4v) is 2.03. The van der Waals surface area contributed by atoms with Gasteiger partial charge in [0, 0.05) is 11.8 Å². The molecule has 0 saturated carbocycles. The molecule has 2 N–H and O–H groups in total. The number of nitriles is 1. The summed E-state index contributed by atoms with van der Waals surface area (Å²) in [6.07, 6.45) is 0. The minimum Gasteiger partial charge on any atom is -0.457 e. The lowest BCUT2D eigenvalue weighted by Gasteiger charge is -2.15. The first-order valence-corrected chi connectivity index (χ1v) is 6.59. The molecule has 0 aliphatic heterocycles. The second-order valence-electron chi connectivity index (χ2n) is 5.16. The van der Waals surface area contributed by atoms with Crippen LogP contribution in [0, 0.1) is 18.3 Å². The highest BCUT2D eigenvalue weighted by Gasteiger charge is 2.10. The van der Waals surface area contributed by atoms with Crippen molar-refractivity contribution in [1.82, 2.24) is 0 Å². The third kappa shape index (κ3) is 2.92. The van der Waals surface area contributed by atoms with Crippen LogP contribution in [0.2, 0.25) is 0 Å². The van der Waals surface area contributed by atoms with E-state index < -0.39 is 0 Å². The van der Waals surface area contributed by atoms with Crippen molar-refractivity contribution < 1.29 is 4.74 Å². The zero-order valence-corrected chi connectivity index (χ0v) is 12.0. The lowest BCUT2D eigenvalue weighted by atomic mass is 10.0. The van der Waals surface area contributed by atoms with E-state index in [0.717, 1.165) is 16.9 Å². The third-order valence-corrected chi connectivity index (χ3v) is 3.16. The Hall–Kier alpha value is -2.47. The maximum absolute atomic E-state index is 9.01. The summed E-state index contributed by atoms with van der Waals surface area (Å²) in [4.78, 5) is 0. The molecule has 20 heavy (non-hydrogen) atoms. The monoisotopic (exact) mass is 266 g/mol. The molecule has 0 bridgehead atoms. The summed E-state index contributed by atoms with van der Waals surface area (Å²) in [5.41, 5.74) is 8.90. The van der Waals surface area contributed by atoms with E-state index in [4.69, 9.17) is 15.7 Å².